The Bertz CT molecular complexity index is 469. The van der Waals surface area contributed by atoms with Crippen LogP contribution in [0.3, 0.4) is 0 Å². The fourth-order valence-corrected chi connectivity index (χ4v) is 2.30. The first-order valence-corrected chi connectivity index (χ1v) is 6.17. The first kappa shape index (κ1) is 11.3. The van der Waals surface area contributed by atoms with E-state index in [0.29, 0.717) is 42.7 Å². The lowest BCUT2D eigenvalue weighted by Crippen LogP contribution is -2.52. The quantitative estimate of drug-likeness (QED) is 0.827. The largest absolute Gasteiger partial charge is 0.486 e. The summed E-state index contributed by atoms with van der Waals surface area (Å²) in [5.74, 6) is 1.67. The number of nitrogens with zero attached hydrogens (tertiary/aromatic N) is 1. The number of para-hydroxylation sites is 1. The van der Waals surface area contributed by atoms with Crippen LogP contribution in [0.15, 0.2) is 18.2 Å². The van der Waals surface area contributed by atoms with Crippen LogP contribution < -0.4 is 15.2 Å². The van der Waals surface area contributed by atoms with Crippen LogP contribution >= 0.6 is 0 Å². The Labute approximate surface area is 105 Å². The molecule has 0 saturated carbocycles. The summed E-state index contributed by atoms with van der Waals surface area (Å²) in [6, 6.07) is 5.43. The van der Waals surface area contributed by atoms with Crippen molar-refractivity contribution in [1.82, 2.24) is 4.90 Å². The minimum Gasteiger partial charge on any atom is -0.486 e. The van der Waals surface area contributed by atoms with E-state index in [-0.39, 0.29) is 5.91 Å². The van der Waals surface area contributed by atoms with E-state index in [2.05, 4.69) is 0 Å². The third-order valence-electron chi connectivity index (χ3n) is 3.37. The molecule has 1 aromatic carbocycles. The predicted molar refractivity (Wildman–Crippen MR) is 65.9 cm³/mol. The summed E-state index contributed by atoms with van der Waals surface area (Å²) in [6.45, 7) is 3.13. The van der Waals surface area contributed by atoms with E-state index in [1.807, 2.05) is 12.1 Å². The molecule has 2 aliphatic heterocycles. The van der Waals surface area contributed by atoms with Crippen molar-refractivity contribution < 1.29 is 14.3 Å². The number of fused-ring (bicyclic) bond motifs is 1. The zero-order valence-corrected chi connectivity index (χ0v) is 10.1. The molecule has 0 bridgehead atoms. The number of ether oxygens (including phenoxy) is 2. The van der Waals surface area contributed by atoms with Crippen LogP contribution in [-0.4, -0.2) is 43.7 Å². The monoisotopic (exact) mass is 248 g/mol. The van der Waals surface area contributed by atoms with Crippen LogP contribution in [0.1, 0.15) is 10.4 Å². The fourth-order valence-electron chi connectivity index (χ4n) is 2.30. The molecule has 2 N–H and O–H groups in total. The molecule has 0 radical (unpaired) electrons. The Morgan fingerprint density at radius 1 is 1.33 bits per heavy atom. The normalized spacial score (nSPS) is 18.4. The smallest absolute Gasteiger partial charge is 0.257 e. The van der Waals surface area contributed by atoms with E-state index in [9.17, 15) is 4.79 Å². The topological polar surface area (TPSA) is 64.8 Å². The molecule has 0 spiro atoms. The van der Waals surface area contributed by atoms with Crippen LogP contribution in [0.25, 0.3) is 0 Å². The third-order valence-corrected chi connectivity index (χ3v) is 3.37. The summed E-state index contributed by atoms with van der Waals surface area (Å²) in [7, 11) is 0. The molecule has 5 nitrogen and oxygen atoms in total. The SMILES string of the molecule is NCC1CN(C(=O)c2cccc3c2OCCO3)C1. The van der Waals surface area contributed by atoms with Crippen LogP contribution in [0.5, 0.6) is 11.5 Å². The number of rotatable bonds is 2. The summed E-state index contributed by atoms with van der Waals surface area (Å²) < 4.78 is 11.0. The van der Waals surface area contributed by atoms with Crippen LogP contribution in [0.4, 0.5) is 0 Å². The van der Waals surface area contributed by atoms with E-state index >= 15 is 0 Å². The number of carbonyl (C=O) groups is 1. The molecule has 1 fully saturated rings. The van der Waals surface area contributed by atoms with Crippen molar-refractivity contribution in [2.45, 2.75) is 0 Å². The van der Waals surface area contributed by atoms with Gasteiger partial charge in [0.15, 0.2) is 11.5 Å². The molecule has 2 aliphatic rings. The number of hydrogen-bond donors (Lipinski definition) is 1. The molecule has 0 atom stereocenters. The van der Waals surface area contributed by atoms with Crippen LogP contribution in [-0.2, 0) is 0 Å². The van der Waals surface area contributed by atoms with E-state index in [4.69, 9.17) is 15.2 Å². The molecule has 5 heteroatoms. The Balaban J connectivity index is 1.82. The highest BCUT2D eigenvalue weighted by atomic mass is 16.6. The van der Waals surface area contributed by atoms with Crippen molar-refractivity contribution >= 4 is 5.91 Å². The average molecular weight is 248 g/mol. The maximum absolute atomic E-state index is 12.3. The number of amides is 1. The molecule has 1 aromatic rings. The van der Waals surface area contributed by atoms with Crippen LogP contribution in [0, 0.1) is 5.92 Å². The van der Waals surface area contributed by atoms with Gasteiger partial charge in [0.2, 0.25) is 0 Å². The van der Waals surface area contributed by atoms with Gasteiger partial charge in [-0.05, 0) is 18.7 Å². The molecule has 0 aliphatic carbocycles. The second kappa shape index (κ2) is 4.49. The van der Waals surface area contributed by atoms with Gasteiger partial charge in [-0.2, -0.15) is 0 Å². The Hall–Kier alpha value is -1.75. The molecule has 18 heavy (non-hydrogen) atoms. The summed E-state index contributed by atoms with van der Waals surface area (Å²) in [4.78, 5) is 14.1. The average Bonchev–Trinajstić information content (AvgIpc) is 2.36. The van der Waals surface area contributed by atoms with Gasteiger partial charge in [0.1, 0.15) is 13.2 Å². The minimum absolute atomic E-state index is 0.00190. The number of carbonyl (C=O) groups excluding carboxylic acids is 1. The van der Waals surface area contributed by atoms with Gasteiger partial charge in [0, 0.05) is 19.0 Å². The molecule has 0 aromatic heterocycles. The number of benzene rings is 1. The lowest BCUT2D eigenvalue weighted by Gasteiger charge is -2.39. The highest BCUT2D eigenvalue weighted by Crippen LogP contribution is 2.35. The van der Waals surface area contributed by atoms with Gasteiger partial charge >= 0.3 is 0 Å². The highest BCUT2D eigenvalue weighted by molar-refractivity contribution is 5.98. The fraction of sp³-hybridized carbons (Fsp3) is 0.462. The highest BCUT2D eigenvalue weighted by Gasteiger charge is 2.32. The van der Waals surface area contributed by atoms with E-state index in [0.717, 1.165) is 13.1 Å². The molecule has 1 saturated heterocycles. The second-order valence-corrected chi connectivity index (χ2v) is 4.64. The lowest BCUT2D eigenvalue weighted by molar-refractivity contribution is 0.0506. The summed E-state index contributed by atoms with van der Waals surface area (Å²) in [6.07, 6.45) is 0. The second-order valence-electron chi connectivity index (χ2n) is 4.64. The molecule has 96 valence electrons. The Kier molecular flexibility index (Phi) is 2.83. The van der Waals surface area contributed by atoms with Crippen molar-refractivity contribution in [3.8, 4) is 11.5 Å². The van der Waals surface area contributed by atoms with Gasteiger partial charge in [-0.15, -0.1) is 0 Å². The number of likely N-dealkylation sites (tertiary alicyclic amines) is 1. The van der Waals surface area contributed by atoms with Crippen molar-refractivity contribution in [3.63, 3.8) is 0 Å². The molecular formula is C13H16N2O3. The maximum atomic E-state index is 12.3. The summed E-state index contributed by atoms with van der Waals surface area (Å²) in [5, 5.41) is 0. The van der Waals surface area contributed by atoms with Crippen molar-refractivity contribution in [3.05, 3.63) is 23.8 Å². The maximum Gasteiger partial charge on any atom is 0.257 e. The standard InChI is InChI=1S/C13H16N2O3/c14-6-9-7-15(8-9)13(16)10-2-1-3-11-12(10)18-5-4-17-11/h1-3,9H,4-8,14H2. The minimum atomic E-state index is 0.00190. The first-order chi connectivity index (χ1) is 8.79. The Morgan fingerprint density at radius 3 is 2.89 bits per heavy atom. The summed E-state index contributed by atoms with van der Waals surface area (Å²) >= 11 is 0. The van der Waals surface area contributed by atoms with Crippen molar-refractivity contribution in [2.24, 2.45) is 11.7 Å². The van der Waals surface area contributed by atoms with Crippen LogP contribution in [0.2, 0.25) is 0 Å². The molecular weight excluding hydrogens is 232 g/mol. The van der Waals surface area contributed by atoms with E-state index < -0.39 is 0 Å². The zero-order valence-electron chi connectivity index (χ0n) is 10.1. The number of hydrogen-bond acceptors (Lipinski definition) is 4. The van der Waals surface area contributed by atoms with Crippen molar-refractivity contribution in [2.75, 3.05) is 32.8 Å². The van der Waals surface area contributed by atoms with Gasteiger partial charge in [-0.1, -0.05) is 6.07 Å². The summed E-state index contributed by atoms with van der Waals surface area (Å²) in [5.41, 5.74) is 6.15. The van der Waals surface area contributed by atoms with E-state index in [1.54, 1.807) is 11.0 Å². The predicted octanol–water partition coefficient (Wildman–Crippen LogP) is 0.488. The third kappa shape index (κ3) is 1.80. The zero-order chi connectivity index (χ0) is 12.5. The van der Waals surface area contributed by atoms with Crippen molar-refractivity contribution in [1.29, 1.82) is 0 Å². The first-order valence-electron chi connectivity index (χ1n) is 6.17. The van der Waals surface area contributed by atoms with E-state index in [1.165, 1.54) is 0 Å². The Morgan fingerprint density at radius 2 is 2.11 bits per heavy atom. The van der Waals surface area contributed by atoms with Gasteiger partial charge < -0.3 is 20.1 Å². The lowest BCUT2D eigenvalue weighted by atomic mass is 9.99. The van der Waals surface area contributed by atoms with Gasteiger partial charge in [-0.3, -0.25) is 4.79 Å². The van der Waals surface area contributed by atoms with Gasteiger partial charge in [-0.25, -0.2) is 0 Å². The molecule has 0 unspecified atom stereocenters. The molecule has 2 heterocycles. The van der Waals surface area contributed by atoms with Gasteiger partial charge in [0.25, 0.3) is 5.91 Å². The number of nitrogens with two attached hydrogens (primary N) is 1. The van der Waals surface area contributed by atoms with Gasteiger partial charge in [0.05, 0.1) is 5.56 Å². The molecule has 1 amide bonds. The molecule has 3 rings (SSSR count).